The average Bonchev–Trinajstić information content (AvgIpc) is 2.45. The molecule has 0 saturated heterocycles. The van der Waals surface area contributed by atoms with E-state index in [4.69, 9.17) is 0 Å². The van der Waals surface area contributed by atoms with Crippen molar-refractivity contribution in [2.45, 2.75) is 19.9 Å². The number of benzene rings is 1. The number of anilines is 1. The van der Waals surface area contributed by atoms with Crippen molar-refractivity contribution in [1.82, 2.24) is 10.2 Å². The second-order valence-corrected chi connectivity index (χ2v) is 5.77. The molecular formula is C14H17N3O2S. The van der Waals surface area contributed by atoms with E-state index >= 15 is 0 Å². The van der Waals surface area contributed by atoms with Gasteiger partial charge in [0.05, 0.1) is 11.2 Å². The number of nitrogens with zero attached hydrogens (tertiary/aromatic N) is 2. The fourth-order valence-corrected chi connectivity index (χ4v) is 2.60. The van der Waals surface area contributed by atoms with E-state index in [9.17, 15) is 9.90 Å². The zero-order valence-electron chi connectivity index (χ0n) is 11.5. The molecule has 2 aromatic rings. The molecule has 5 nitrogen and oxygen atoms in total. The van der Waals surface area contributed by atoms with Crippen LogP contribution < -0.4 is 5.32 Å². The van der Waals surface area contributed by atoms with Crippen LogP contribution in [0.5, 0.6) is 0 Å². The molecule has 0 fully saturated rings. The van der Waals surface area contributed by atoms with E-state index in [1.54, 1.807) is 0 Å². The van der Waals surface area contributed by atoms with Crippen molar-refractivity contribution < 1.29 is 9.90 Å². The fourth-order valence-electron chi connectivity index (χ4n) is 1.93. The Morgan fingerprint density at radius 2 is 2.15 bits per heavy atom. The first-order valence-corrected chi connectivity index (χ1v) is 7.62. The summed E-state index contributed by atoms with van der Waals surface area (Å²) in [6, 6.07) is 7.57. The number of carboxylic acid groups (broad SMARTS) is 1. The molecule has 106 valence electrons. The van der Waals surface area contributed by atoms with Gasteiger partial charge >= 0.3 is 5.97 Å². The number of rotatable bonds is 6. The summed E-state index contributed by atoms with van der Waals surface area (Å²) >= 11 is 1.81. The van der Waals surface area contributed by atoms with Gasteiger partial charge in [0.1, 0.15) is 0 Å². The quantitative estimate of drug-likeness (QED) is 0.852. The summed E-state index contributed by atoms with van der Waals surface area (Å²) in [5.41, 5.74) is 1.21. The number of aromatic carboxylic acids is 1. The van der Waals surface area contributed by atoms with Gasteiger partial charge in [-0.3, -0.25) is 0 Å². The van der Waals surface area contributed by atoms with E-state index in [1.165, 1.54) is 0 Å². The molecule has 1 unspecified atom stereocenters. The topological polar surface area (TPSA) is 75.1 Å². The molecule has 6 heteroatoms. The summed E-state index contributed by atoms with van der Waals surface area (Å²) in [5, 5.41) is 21.1. The lowest BCUT2D eigenvalue weighted by atomic mass is 10.1. The maximum atomic E-state index is 11.3. The third-order valence-corrected chi connectivity index (χ3v) is 3.98. The Morgan fingerprint density at radius 1 is 1.40 bits per heavy atom. The molecular weight excluding hydrogens is 274 g/mol. The normalized spacial score (nSPS) is 12.3. The highest BCUT2D eigenvalue weighted by Gasteiger charge is 2.17. The number of nitrogens with one attached hydrogen (secondary N) is 1. The monoisotopic (exact) mass is 291 g/mol. The van der Waals surface area contributed by atoms with Crippen molar-refractivity contribution in [3.63, 3.8) is 0 Å². The van der Waals surface area contributed by atoms with Crippen LogP contribution in [0.2, 0.25) is 0 Å². The van der Waals surface area contributed by atoms with E-state index in [2.05, 4.69) is 22.4 Å². The van der Waals surface area contributed by atoms with Gasteiger partial charge in [0, 0.05) is 17.2 Å². The van der Waals surface area contributed by atoms with Crippen molar-refractivity contribution >= 4 is 34.3 Å². The summed E-state index contributed by atoms with van der Waals surface area (Å²) in [5.74, 6) is 0.875. The van der Waals surface area contributed by atoms with E-state index < -0.39 is 5.97 Å². The number of thioether (sulfide) groups is 1. The Labute approximate surface area is 121 Å². The lowest BCUT2D eigenvalue weighted by Crippen LogP contribution is -2.21. The van der Waals surface area contributed by atoms with Crippen molar-refractivity contribution in [1.29, 1.82) is 0 Å². The molecule has 0 spiro atoms. The summed E-state index contributed by atoms with van der Waals surface area (Å²) in [4.78, 5) is 11.3. The van der Waals surface area contributed by atoms with Crippen LogP contribution in [0.25, 0.3) is 10.9 Å². The smallest absolute Gasteiger partial charge is 0.358 e. The van der Waals surface area contributed by atoms with Gasteiger partial charge in [0.25, 0.3) is 0 Å². The minimum Gasteiger partial charge on any atom is -0.476 e. The first kappa shape index (κ1) is 14.6. The number of hydrogen-bond donors (Lipinski definition) is 2. The highest BCUT2D eigenvalue weighted by atomic mass is 32.2. The third kappa shape index (κ3) is 3.19. The molecule has 2 N–H and O–H groups in total. The Bertz CT molecular complexity index is 618. The van der Waals surface area contributed by atoms with Crippen LogP contribution in [0.3, 0.4) is 0 Å². The van der Waals surface area contributed by atoms with Crippen LogP contribution in [0.1, 0.15) is 24.3 Å². The van der Waals surface area contributed by atoms with Crippen LogP contribution in [-0.2, 0) is 0 Å². The SMILES string of the molecule is CCSCC(C)Nc1c(C(=O)O)nnc2ccccc12. The average molecular weight is 291 g/mol. The van der Waals surface area contributed by atoms with Crippen molar-refractivity contribution in [3.8, 4) is 0 Å². The van der Waals surface area contributed by atoms with Gasteiger partial charge < -0.3 is 10.4 Å². The molecule has 0 aliphatic rings. The van der Waals surface area contributed by atoms with E-state index in [-0.39, 0.29) is 11.7 Å². The van der Waals surface area contributed by atoms with Gasteiger partial charge in [0.2, 0.25) is 0 Å². The molecule has 0 bridgehead atoms. The Morgan fingerprint density at radius 3 is 2.85 bits per heavy atom. The molecule has 1 aromatic heterocycles. The summed E-state index contributed by atoms with van der Waals surface area (Å²) in [7, 11) is 0. The molecule has 0 aliphatic carbocycles. The van der Waals surface area contributed by atoms with Crippen molar-refractivity contribution in [2.75, 3.05) is 16.8 Å². The van der Waals surface area contributed by atoms with Crippen LogP contribution in [0, 0.1) is 0 Å². The number of hydrogen-bond acceptors (Lipinski definition) is 5. The predicted molar refractivity (Wildman–Crippen MR) is 82.6 cm³/mol. The number of carbonyl (C=O) groups is 1. The van der Waals surface area contributed by atoms with Gasteiger partial charge in [-0.1, -0.05) is 25.1 Å². The maximum Gasteiger partial charge on any atom is 0.358 e. The minimum absolute atomic E-state index is 0.0305. The van der Waals surface area contributed by atoms with Gasteiger partial charge in [-0.05, 0) is 18.7 Å². The molecule has 0 radical (unpaired) electrons. The molecule has 1 aromatic carbocycles. The standard InChI is InChI=1S/C14H17N3O2S/c1-3-20-8-9(2)15-12-10-6-4-5-7-11(10)16-17-13(12)14(18)19/h4-7,9H,3,8H2,1-2H3,(H,15,16)(H,18,19). The summed E-state index contributed by atoms with van der Waals surface area (Å²) < 4.78 is 0. The van der Waals surface area contributed by atoms with Crippen molar-refractivity contribution in [2.24, 2.45) is 0 Å². The molecule has 1 heterocycles. The lowest BCUT2D eigenvalue weighted by Gasteiger charge is -2.17. The summed E-state index contributed by atoms with van der Waals surface area (Å²) in [6.07, 6.45) is 0. The summed E-state index contributed by atoms with van der Waals surface area (Å²) in [6.45, 7) is 4.13. The molecule has 0 amide bonds. The van der Waals surface area contributed by atoms with Gasteiger partial charge in [-0.15, -0.1) is 10.2 Å². The third-order valence-electron chi connectivity index (χ3n) is 2.83. The highest BCUT2D eigenvalue weighted by molar-refractivity contribution is 7.99. The van der Waals surface area contributed by atoms with Gasteiger partial charge in [-0.25, -0.2) is 4.79 Å². The van der Waals surface area contributed by atoms with Crippen molar-refractivity contribution in [3.05, 3.63) is 30.0 Å². The second kappa shape index (κ2) is 6.56. The first-order valence-electron chi connectivity index (χ1n) is 6.46. The molecule has 20 heavy (non-hydrogen) atoms. The number of fused-ring (bicyclic) bond motifs is 1. The Kier molecular flexibility index (Phi) is 4.79. The van der Waals surface area contributed by atoms with E-state index in [1.807, 2.05) is 43.0 Å². The van der Waals surface area contributed by atoms with Crippen LogP contribution in [0.4, 0.5) is 5.69 Å². The van der Waals surface area contributed by atoms with Gasteiger partial charge in [-0.2, -0.15) is 11.8 Å². The van der Waals surface area contributed by atoms with E-state index in [0.29, 0.717) is 11.2 Å². The molecule has 0 aliphatic heterocycles. The van der Waals surface area contributed by atoms with Crippen LogP contribution in [-0.4, -0.2) is 38.8 Å². The molecule has 1 atom stereocenters. The minimum atomic E-state index is -1.07. The Balaban J connectivity index is 2.41. The molecule has 2 rings (SSSR count). The second-order valence-electron chi connectivity index (χ2n) is 4.45. The zero-order chi connectivity index (χ0) is 14.5. The first-order chi connectivity index (χ1) is 9.63. The Hall–Kier alpha value is -1.82. The molecule has 0 saturated carbocycles. The highest BCUT2D eigenvalue weighted by Crippen LogP contribution is 2.25. The lowest BCUT2D eigenvalue weighted by molar-refractivity contribution is 0.0690. The predicted octanol–water partition coefficient (Wildman–Crippen LogP) is 2.88. The fraction of sp³-hybridized carbons (Fsp3) is 0.357. The number of aromatic nitrogens is 2. The zero-order valence-corrected chi connectivity index (χ0v) is 12.3. The van der Waals surface area contributed by atoms with E-state index in [0.717, 1.165) is 16.9 Å². The largest absolute Gasteiger partial charge is 0.476 e. The van der Waals surface area contributed by atoms with Crippen LogP contribution in [0.15, 0.2) is 24.3 Å². The van der Waals surface area contributed by atoms with Gasteiger partial charge in [0.15, 0.2) is 5.69 Å². The number of carboxylic acids is 1. The maximum absolute atomic E-state index is 11.3. The van der Waals surface area contributed by atoms with Crippen LogP contribution >= 0.6 is 11.8 Å².